The van der Waals surface area contributed by atoms with Crippen molar-refractivity contribution in [3.8, 4) is 0 Å². The van der Waals surface area contributed by atoms with E-state index in [2.05, 4.69) is 11.8 Å². The van der Waals surface area contributed by atoms with Crippen molar-refractivity contribution in [2.75, 3.05) is 13.1 Å². The summed E-state index contributed by atoms with van der Waals surface area (Å²) in [6, 6.07) is 5.95. The Labute approximate surface area is 127 Å². The molecular weight excluding hydrogens is 263 g/mol. The predicted octanol–water partition coefficient (Wildman–Crippen LogP) is 3.79. The molecule has 0 radical (unpaired) electrons. The Bertz CT molecular complexity index is 486. The zero-order valence-electron chi connectivity index (χ0n) is 13.0. The van der Waals surface area contributed by atoms with Gasteiger partial charge >= 0.3 is 0 Å². The van der Waals surface area contributed by atoms with E-state index >= 15 is 0 Å². The van der Waals surface area contributed by atoms with E-state index < -0.39 is 0 Å². The normalized spacial score (nSPS) is 28.1. The summed E-state index contributed by atoms with van der Waals surface area (Å²) in [5, 5.41) is 0. The van der Waals surface area contributed by atoms with Crippen LogP contribution in [-0.2, 0) is 0 Å². The highest BCUT2D eigenvalue weighted by molar-refractivity contribution is 5.30. The maximum Gasteiger partial charge on any atom is 0.123 e. The number of rotatable bonds is 3. The van der Waals surface area contributed by atoms with Gasteiger partial charge in [-0.3, -0.25) is 4.90 Å². The van der Waals surface area contributed by atoms with E-state index in [1.807, 2.05) is 6.07 Å². The lowest BCUT2D eigenvalue weighted by molar-refractivity contribution is 0.0273. The molecule has 0 bridgehead atoms. The molecule has 2 aliphatic rings. The summed E-state index contributed by atoms with van der Waals surface area (Å²) in [6.07, 6.45) is 7.97. The third-order valence-electron chi connectivity index (χ3n) is 5.51. The average Bonchev–Trinajstić information content (AvgIpc) is 2.51. The highest BCUT2D eigenvalue weighted by atomic mass is 19.1. The number of benzene rings is 1. The molecule has 1 aromatic carbocycles. The summed E-state index contributed by atoms with van der Waals surface area (Å²) in [4.78, 5) is 2.59. The molecule has 2 nitrogen and oxygen atoms in total. The Morgan fingerprint density at radius 2 is 2.00 bits per heavy atom. The van der Waals surface area contributed by atoms with Gasteiger partial charge in [0.2, 0.25) is 0 Å². The SMILES string of the molecule is Cc1ccc(F)cc1C(CN)N1CCC[C@H]2CCCC[C@H]21. The maximum absolute atomic E-state index is 13.7. The van der Waals surface area contributed by atoms with Crippen LogP contribution in [-0.4, -0.2) is 24.0 Å². The third-order valence-corrected chi connectivity index (χ3v) is 5.51. The van der Waals surface area contributed by atoms with Gasteiger partial charge in [0, 0.05) is 18.6 Å². The second kappa shape index (κ2) is 6.45. The second-order valence-electron chi connectivity index (χ2n) is 6.74. The van der Waals surface area contributed by atoms with Crippen LogP contribution in [0.4, 0.5) is 4.39 Å². The van der Waals surface area contributed by atoms with E-state index in [9.17, 15) is 4.39 Å². The fraction of sp³-hybridized carbons (Fsp3) is 0.667. The number of fused-ring (bicyclic) bond motifs is 1. The molecule has 3 heteroatoms. The Kier molecular flexibility index (Phi) is 4.60. The molecular formula is C18H27FN2. The van der Waals surface area contributed by atoms with Gasteiger partial charge in [0.15, 0.2) is 0 Å². The van der Waals surface area contributed by atoms with E-state index in [1.165, 1.54) is 38.5 Å². The van der Waals surface area contributed by atoms with Crippen LogP contribution < -0.4 is 5.73 Å². The number of aryl methyl sites for hydroxylation is 1. The quantitative estimate of drug-likeness (QED) is 0.917. The highest BCUT2D eigenvalue weighted by Gasteiger charge is 2.37. The van der Waals surface area contributed by atoms with Crippen molar-refractivity contribution in [2.45, 2.75) is 57.5 Å². The summed E-state index contributed by atoms with van der Waals surface area (Å²) in [6.45, 7) is 3.76. The minimum atomic E-state index is -0.147. The van der Waals surface area contributed by atoms with Crippen LogP contribution in [0.25, 0.3) is 0 Å². The monoisotopic (exact) mass is 290 g/mol. The van der Waals surface area contributed by atoms with Crippen molar-refractivity contribution in [2.24, 2.45) is 11.7 Å². The minimum absolute atomic E-state index is 0.147. The molecule has 3 atom stereocenters. The molecule has 2 N–H and O–H groups in total. The molecule has 1 heterocycles. The first-order chi connectivity index (χ1) is 10.2. The number of piperidine rings is 1. The van der Waals surface area contributed by atoms with Gasteiger partial charge in [0.1, 0.15) is 5.82 Å². The van der Waals surface area contributed by atoms with Crippen LogP contribution in [0.15, 0.2) is 18.2 Å². The van der Waals surface area contributed by atoms with E-state index in [0.717, 1.165) is 23.6 Å². The van der Waals surface area contributed by atoms with Crippen LogP contribution in [0.2, 0.25) is 0 Å². The topological polar surface area (TPSA) is 29.3 Å². The molecule has 1 aromatic rings. The number of nitrogens with two attached hydrogens (primary N) is 1. The molecule has 0 amide bonds. The number of likely N-dealkylation sites (tertiary alicyclic amines) is 1. The molecule has 0 spiro atoms. The fourth-order valence-corrected chi connectivity index (χ4v) is 4.46. The van der Waals surface area contributed by atoms with Gasteiger partial charge in [0.25, 0.3) is 0 Å². The summed E-state index contributed by atoms with van der Waals surface area (Å²) in [7, 11) is 0. The molecule has 3 rings (SSSR count). The Morgan fingerprint density at radius 1 is 1.24 bits per heavy atom. The number of halogens is 1. The van der Waals surface area contributed by atoms with Crippen LogP contribution in [0, 0.1) is 18.7 Å². The van der Waals surface area contributed by atoms with E-state index in [0.29, 0.717) is 12.6 Å². The first-order valence-electron chi connectivity index (χ1n) is 8.42. The summed E-state index contributed by atoms with van der Waals surface area (Å²) in [5.41, 5.74) is 8.36. The number of nitrogens with zero attached hydrogens (tertiary/aromatic N) is 1. The Balaban J connectivity index is 1.89. The Hall–Kier alpha value is -0.930. The Morgan fingerprint density at radius 3 is 2.81 bits per heavy atom. The fourth-order valence-electron chi connectivity index (χ4n) is 4.46. The third kappa shape index (κ3) is 3.00. The van der Waals surface area contributed by atoms with Crippen LogP contribution in [0.3, 0.4) is 0 Å². The van der Waals surface area contributed by atoms with Gasteiger partial charge in [-0.05, 0) is 68.3 Å². The molecule has 1 aliphatic heterocycles. The average molecular weight is 290 g/mol. The zero-order chi connectivity index (χ0) is 14.8. The van der Waals surface area contributed by atoms with Gasteiger partial charge in [-0.2, -0.15) is 0 Å². The lowest BCUT2D eigenvalue weighted by Crippen LogP contribution is -2.50. The van der Waals surface area contributed by atoms with Gasteiger partial charge in [-0.25, -0.2) is 4.39 Å². The molecule has 2 fully saturated rings. The van der Waals surface area contributed by atoms with Gasteiger partial charge in [-0.1, -0.05) is 18.9 Å². The van der Waals surface area contributed by atoms with Gasteiger partial charge < -0.3 is 5.73 Å². The smallest absolute Gasteiger partial charge is 0.123 e. The van der Waals surface area contributed by atoms with Crippen molar-refractivity contribution in [3.05, 3.63) is 35.1 Å². The maximum atomic E-state index is 13.7. The lowest BCUT2D eigenvalue weighted by Gasteiger charge is -2.48. The number of hydrogen-bond donors (Lipinski definition) is 1. The van der Waals surface area contributed by atoms with Crippen LogP contribution in [0.5, 0.6) is 0 Å². The molecule has 21 heavy (non-hydrogen) atoms. The molecule has 1 saturated heterocycles. The van der Waals surface area contributed by atoms with E-state index in [4.69, 9.17) is 5.73 Å². The van der Waals surface area contributed by atoms with Crippen LogP contribution >= 0.6 is 0 Å². The van der Waals surface area contributed by atoms with Crippen molar-refractivity contribution in [1.29, 1.82) is 0 Å². The van der Waals surface area contributed by atoms with Crippen molar-refractivity contribution in [1.82, 2.24) is 4.90 Å². The lowest BCUT2D eigenvalue weighted by atomic mass is 9.77. The first-order valence-corrected chi connectivity index (χ1v) is 8.42. The first kappa shape index (κ1) is 15.0. The predicted molar refractivity (Wildman–Crippen MR) is 84.6 cm³/mol. The summed E-state index contributed by atoms with van der Waals surface area (Å²) in [5.74, 6) is 0.682. The molecule has 1 aliphatic carbocycles. The van der Waals surface area contributed by atoms with Crippen LogP contribution in [0.1, 0.15) is 55.7 Å². The largest absolute Gasteiger partial charge is 0.329 e. The van der Waals surface area contributed by atoms with Gasteiger partial charge in [-0.15, -0.1) is 0 Å². The summed E-state index contributed by atoms with van der Waals surface area (Å²) < 4.78 is 13.7. The zero-order valence-corrected chi connectivity index (χ0v) is 13.0. The van der Waals surface area contributed by atoms with Crippen molar-refractivity contribution < 1.29 is 4.39 Å². The van der Waals surface area contributed by atoms with E-state index in [1.54, 1.807) is 12.1 Å². The van der Waals surface area contributed by atoms with Crippen molar-refractivity contribution >= 4 is 0 Å². The minimum Gasteiger partial charge on any atom is -0.329 e. The van der Waals surface area contributed by atoms with E-state index in [-0.39, 0.29) is 11.9 Å². The number of hydrogen-bond acceptors (Lipinski definition) is 2. The van der Waals surface area contributed by atoms with Crippen molar-refractivity contribution in [3.63, 3.8) is 0 Å². The molecule has 1 saturated carbocycles. The molecule has 0 aromatic heterocycles. The molecule has 1 unspecified atom stereocenters. The second-order valence-corrected chi connectivity index (χ2v) is 6.74. The molecule has 116 valence electrons. The standard InChI is InChI=1S/C18H27FN2/c1-13-8-9-15(19)11-16(13)18(12-20)21-10-4-6-14-5-2-3-7-17(14)21/h8-9,11,14,17-18H,2-7,10,12,20H2,1H3/t14-,17-,18?/m1/s1. The summed E-state index contributed by atoms with van der Waals surface area (Å²) >= 11 is 0. The highest BCUT2D eigenvalue weighted by Crippen LogP contribution is 2.39. The van der Waals surface area contributed by atoms with Gasteiger partial charge in [0.05, 0.1) is 0 Å².